The lowest BCUT2D eigenvalue weighted by molar-refractivity contribution is 0.0797. The van der Waals surface area contributed by atoms with Crippen molar-refractivity contribution < 1.29 is 9.90 Å². The number of rotatable bonds is 3. The second kappa shape index (κ2) is 7.64. The minimum Gasteiger partial charge on any atom is -0.389 e. The van der Waals surface area contributed by atoms with Gasteiger partial charge in [0, 0.05) is 30.0 Å². The summed E-state index contributed by atoms with van der Waals surface area (Å²) < 4.78 is 0. The molecule has 0 bridgehead atoms. The maximum absolute atomic E-state index is 12.4. The van der Waals surface area contributed by atoms with E-state index in [1.807, 2.05) is 23.1 Å². The molecule has 2 N–H and O–H groups in total. The highest BCUT2D eigenvalue weighted by atomic mass is 16.3. The highest BCUT2D eigenvalue weighted by Gasteiger charge is 2.31. The van der Waals surface area contributed by atoms with E-state index in [0.29, 0.717) is 24.5 Å². The van der Waals surface area contributed by atoms with E-state index in [0.717, 1.165) is 30.8 Å². The minimum atomic E-state index is -0.647. The van der Waals surface area contributed by atoms with Crippen LogP contribution in [-0.4, -0.2) is 46.2 Å². The fraction of sp³-hybridized carbons (Fsp3) is 0.476. The number of amides is 1. The number of fused-ring (bicyclic) bond motifs is 1. The lowest BCUT2D eigenvalue weighted by Crippen LogP contribution is -2.54. The zero-order valence-electron chi connectivity index (χ0n) is 15.7. The Kier molecular flexibility index (Phi) is 5.07. The van der Waals surface area contributed by atoms with E-state index in [1.165, 1.54) is 18.4 Å². The molecular weight excluding hydrogens is 340 g/mol. The number of benzene rings is 1. The standard InChI is InChI=1S/C21H26N4O2/c1-14-16-9-5-6-10-17(16)24-21(22-14)25-12-11-18(19(26)13-25)23-20(27)15-7-3-2-4-8-15/h2-4,7-8,18-19,26H,5-6,9-13H2,1H3,(H,23,27)/t18-,19-/m1/s1. The molecule has 2 heterocycles. The van der Waals surface area contributed by atoms with Gasteiger partial charge < -0.3 is 15.3 Å². The van der Waals surface area contributed by atoms with Crippen LogP contribution in [0.4, 0.5) is 5.95 Å². The largest absolute Gasteiger partial charge is 0.389 e. The lowest BCUT2D eigenvalue weighted by Gasteiger charge is -2.36. The topological polar surface area (TPSA) is 78.4 Å². The molecule has 1 aromatic carbocycles. The summed E-state index contributed by atoms with van der Waals surface area (Å²) >= 11 is 0. The number of aryl methyl sites for hydroxylation is 2. The summed E-state index contributed by atoms with van der Waals surface area (Å²) in [6.07, 6.45) is 4.49. The van der Waals surface area contributed by atoms with Crippen molar-refractivity contribution >= 4 is 11.9 Å². The molecule has 6 nitrogen and oxygen atoms in total. The molecule has 4 rings (SSSR count). The summed E-state index contributed by atoms with van der Waals surface area (Å²) in [5.74, 6) is 0.564. The number of aliphatic hydroxyl groups excluding tert-OH is 1. The van der Waals surface area contributed by atoms with Crippen LogP contribution in [-0.2, 0) is 12.8 Å². The Hall–Kier alpha value is -2.47. The molecule has 27 heavy (non-hydrogen) atoms. The molecule has 0 saturated carbocycles. The summed E-state index contributed by atoms with van der Waals surface area (Å²) in [6.45, 7) is 3.20. The molecule has 1 aliphatic heterocycles. The Morgan fingerprint density at radius 1 is 1.19 bits per heavy atom. The van der Waals surface area contributed by atoms with Crippen molar-refractivity contribution in [2.24, 2.45) is 0 Å². The van der Waals surface area contributed by atoms with Crippen molar-refractivity contribution in [2.45, 2.75) is 51.2 Å². The zero-order chi connectivity index (χ0) is 18.8. The van der Waals surface area contributed by atoms with Crippen LogP contribution >= 0.6 is 0 Å². The molecule has 2 aliphatic rings. The van der Waals surface area contributed by atoms with Crippen LogP contribution < -0.4 is 10.2 Å². The number of hydrogen-bond donors (Lipinski definition) is 2. The van der Waals surface area contributed by atoms with Crippen molar-refractivity contribution in [3.8, 4) is 0 Å². The van der Waals surface area contributed by atoms with Gasteiger partial charge in [-0.2, -0.15) is 0 Å². The number of nitrogens with one attached hydrogen (secondary N) is 1. The first-order chi connectivity index (χ1) is 13.1. The first-order valence-electron chi connectivity index (χ1n) is 9.77. The fourth-order valence-corrected chi connectivity index (χ4v) is 4.03. The van der Waals surface area contributed by atoms with E-state index in [2.05, 4.69) is 12.2 Å². The molecule has 142 valence electrons. The van der Waals surface area contributed by atoms with Crippen LogP contribution in [0.15, 0.2) is 30.3 Å². The SMILES string of the molecule is Cc1nc(N2CC[C@@H](NC(=O)c3ccccc3)[C@H](O)C2)nc2c1CCCC2. The van der Waals surface area contributed by atoms with Crippen molar-refractivity contribution in [1.82, 2.24) is 15.3 Å². The third-order valence-corrected chi connectivity index (χ3v) is 5.60. The van der Waals surface area contributed by atoms with Gasteiger partial charge in [0.2, 0.25) is 5.95 Å². The van der Waals surface area contributed by atoms with Crippen LogP contribution in [0.3, 0.4) is 0 Å². The Balaban J connectivity index is 1.43. The third kappa shape index (κ3) is 3.81. The van der Waals surface area contributed by atoms with Crippen molar-refractivity contribution in [2.75, 3.05) is 18.0 Å². The summed E-state index contributed by atoms with van der Waals surface area (Å²) in [7, 11) is 0. The Labute approximate surface area is 159 Å². The third-order valence-electron chi connectivity index (χ3n) is 5.60. The average Bonchev–Trinajstić information content (AvgIpc) is 2.70. The second-order valence-corrected chi connectivity index (χ2v) is 7.49. The quantitative estimate of drug-likeness (QED) is 0.869. The van der Waals surface area contributed by atoms with Crippen molar-refractivity contribution in [1.29, 1.82) is 0 Å². The van der Waals surface area contributed by atoms with Gasteiger partial charge in [-0.25, -0.2) is 9.97 Å². The summed E-state index contributed by atoms with van der Waals surface area (Å²) in [5, 5.41) is 13.6. The van der Waals surface area contributed by atoms with Gasteiger partial charge in [-0.15, -0.1) is 0 Å². The van der Waals surface area contributed by atoms with E-state index in [9.17, 15) is 9.90 Å². The molecule has 1 fully saturated rings. The predicted molar refractivity (Wildman–Crippen MR) is 104 cm³/mol. The number of aromatic nitrogens is 2. The molecular formula is C21H26N4O2. The molecule has 6 heteroatoms. The van der Waals surface area contributed by atoms with E-state index in [4.69, 9.17) is 9.97 Å². The first kappa shape index (κ1) is 17.9. The van der Waals surface area contributed by atoms with E-state index in [-0.39, 0.29) is 11.9 Å². The highest BCUT2D eigenvalue weighted by molar-refractivity contribution is 5.94. The van der Waals surface area contributed by atoms with Crippen LogP contribution in [0, 0.1) is 6.92 Å². The molecule has 2 aromatic rings. The molecule has 1 aliphatic carbocycles. The zero-order valence-corrected chi connectivity index (χ0v) is 15.7. The van der Waals surface area contributed by atoms with Gasteiger partial charge in [-0.05, 0) is 56.7 Å². The molecule has 1 aromatic heterocycles. The van der Waals surface area contributed by atoms with Gasteiger partial charge in [0.25, 0.3) is 5.91 Å². The second-order valence-electron chi connectivity index (χ2n) is 7.49. The number of carbonyl (C=O) groups is 1. The van der Waals surface area contributed by atoms with Gasteiger partial charge in [-0.3, -0.25) is 4.79 Å². The smallest absolute Gasteiger partial charge is 0.251 e. The van der Waals surface area contributed by atoms with Gasteiger partial charge >= 0.3 is 0 Å². The molecule has 0 spiro atoms. The first-order valence-corrected chi connectivity index (χ1v) is 9.77. The number of carbonyl (C=O) groups excluding carboxylic acids is 1. The van der Waals surface area contributed by atoms with Crippen molar-refractivity contribution in [3.63, 3.8) is 0 Å². The maximum Gasteiger partial charge on any atom is 0.251 e. The average molecular weight is 366 g/mol. The number of aliphatic hydroxyl groups is 1. The van der Waals surface area contributed by atoms with Crippen molar-refractivity contribution in [3.05, 3.63) is 52.8 Å². The summed E-state index contributed by atoms with van der Waals surface area (Å²) in [4.78, 5) is 23.9. The molecule has 0 radical (unpaired) electrons. The van der Waals surface area contributed by atoms with Crippen LogP contribution in [0.2, 0.25) is 0 Å². The fourth-order valence-electron chi connectivity index (χ4n) is 4.03. The Bertz CT molecular complexity index is 824. The molecule has 1 amide bonds. The van der Waals surface area contributed by atoms with Gasteiger partial charge in [0.1, 0.15) is 0 Å². The van der Waals surface area contributed by atoms with Crippen LogP contribution in [0.25, 0.3) is 0 Å². The summed E-state index contributed by atoms with van der Waals surface area (Å²) in [5.41, 5.74) is 4.14. The van der Waals surface area contributed by atoms with Crippen LogP contribution in [0.1, 0.15) is 46.6 Å². The number of β-amino-alcohol motifs (C(OH)–C–C–N with tert-alkyl or cyclic N) is 1. The van der Waals surface area contributed by atoms with Gasteiger partial charge in [-0.1, -0.05) is 18.2 Å². The predicted octanol–water partition coefficient (Wildman–Crippen LogP) is 2.03. The number of hydrogen-bond acceptors (Lipinski definition) is 5. The highest BCUT2D eigenvalue weighted by Crippen LogP contribution is 2.25. The summed E-state index contributed by atoms with van der Waals surface area (Å²) in [6, 6.07) is 8.85. The van der Waals surface area contributed by atoms with Gasteiger partial charge in [0.15, 0.2) is 0 Å². The number of nitrogens with zero attached hydrogens (tertiary/aromatic N) is 3. The van der Waals surface area contributed by atoms with E-state index < -0.39 is 6.10 Å². The number of piperidine rings is 1. The van der Waals surface area contributed by atoms with Crippen LogP contribution in [0.5, 0.6) is 0 Å². The van der Waals surface area contributed by atoms with E-state index >= 15 is 0 Å². The molecule has 2 atom stereocenters. The molecule has 0 unspecified atom stereocenters. The monoisotopic (exact) mass is 366 g/mol. The molecule has 1 saturated heterocycles. The lowest BCUT2D eigenvalue weighted by atomic mass is 9.95. The maximum atomic E-state index is 12.4. The number of anilines is 1. The normalized spacial score (nSPS) is 22.2. The minimum absolute atomic E-state index is 0.144. The van der Waals surface area contributed by atoms with Gasteiger partial charge in [0.05, 0.1) is 12.1 Å². The Morgan fingerprint density at radius 3 is 2.74 bits per heavy atom. The Morgan fingerprint density at radius 2 is 1.96 bits per heavy atom. The van der Waals surface area contributed by atoms with E-state index in [1.54, 1.807) is 12.1 Å².